The molecule has 1 aromatic heterocycles. The molecule has 1 aromatic carbocycles. The zero-order chi connectivity index (χ0) is 15.4. The first kappa shape index (κ1) is 14.4. The van der Waals surface area contributed by atoms with Crippen molar-refractivity contribution in [3.8, 4) is 0 Å². The molecule has 7 heteroatoms. The zero-order valence-corrected chi connectivity index (χ0v) is 11.4. The molecule has 108 valence electrons. The molecule has 0 unspecified atom stereocenters. The molecule has 0 aliphatic rings. The number of rotatable bonds is 4. The quantitative estimate of drug-likeness (QED) is 0.525. The second kappa shape index (κ2) is 6.00. The molecule has 1 heterocycles. The minimum absolute atomic E-state index is 0.0355. The molecule has 0 bridgehead atoms. The number of nitrogens with two attached hydrogens (primary N) is 1. The van der Waals surface area contributed by atoms with Gasteiger partial charge >= 0.3 is 0 Å². The van der Waals surface area contributed by atoms with E-state index in [4.69, 9.17) is 5.73 Å². The van der Waals surface area contributed by atoms with Crippen molar-refractivity contribution in [2.75, 3.05) is 12.8 Å². The highest BCUT2D eigenvalue weighted by atomic mass is 16.6. The lowest BCUT2D eigenvalue weighted by atomic mass is 10.1. The molecule has 21 heavy (non-hydrogen) atoms. The second-order valence-corrected chi connectivity index (χ2v) is 4.55. The van der Waals surface area contributed by atoms with Crippen molar-refractivity contribution < 1.29 is 9.72 Å². The number of nitro benzene ring substituents is 1. The number of nitrogen functional groups attached to an aromatic ring is 1. The van der Waals surface area contributed by atoms with Crippen LogP contribution in [0, 0.1) is 10.1 Å². The smallest absolute Gasteiger partial charge is 0.292 e. The van der Waals surface area contributed by atoms with E-state index in [1.807, 2.05) is 0 Å². The van der Waals surface area contributed by atoms with E-state index >= 15 is 0 Å². The van der Waals surface area contributed by atoms with E-state index in [0.29, 0.717) is 6.54 Å². The van der Waals surface area contributed by atoms with Gasteiger partial charge in [0.15, 0.2) is 0 Å². The van der Waals surface area contributed by atoms with Crippen LogP contribution in [0.3, 0.4) is 0 Å². The highest BCUT2D eigenvalue weighted by molar-refractivity contribution is 5.95. The number of nitrogens with zero attached hydrogens (tertiary/aromatic N) is 3. The van der Waals surface area contributed by atoms with Crippen molar-refractivity contribution in [2.45, 2.75) is 6.54 Å². The maximum atomic E-state index is 12.3. The maximum absolute atomic E-state index is 12.3. The van der Waals surface area contributed by atoms with E-state index in [0.717, 1.165) is 5.56 Å². The number of anilines is 1. The van der Waals surface area contributed by atoms with Gasteiger partial charge in [0.1, 0.15) is 5.69 Å². The van der Waals surface area contributed by atoms with Gasteiger partial charge in [0.2, 0.25) is 0 Å². The summed E-state index contributed by atoms with van der Waals surface area (Å²) in [6.07, 6.45) is 3.28. The minimum Gasteiger partial charge on any atom is -0.393 e. The molecule has 7 nitrogen and oxygen atoms in total. The number of nitro groups is 1. The van der Waals surface area contributed by atoms with E-state index in [-0.39, 0.29) is 22.8 Å². The summed E-state index contributed by atoms with van der Waals surface area (Å²) in [4.78, 5) is 27.9. The van der Waals surface area contributed by atoms with Gasteiger partial charge in [-0.25, -0.2) is 0 Å². The third kappa shape index (κ3) is 3.33. The Balaban J connectivity index is 2.20. The Morgan fingerprint density at radius 3 is 2.62 bits per heavy atom. The number of carbonyl (C=O) groups excluding carboxylic acids is 1. The van der Waals surface area contributed by atoms with Crippen molar-refractivity contribution in [2.24, 2.45) is 0 Å². The second-order valence-electron chi connectivity index (χ2n) is 4.55. The Morgan fingerprint density at radius 2 is 2.00 bits per heavy atom. The lowest BCUT2D eigenvalue weighted by Gasteiger charge is -2.17. The molecular weight excluding hydrogens is 272 g/mol. The van der Waals surface area contributed by atoms with Crippen LogP contribution in [0.15, 0.2) is 42.7 Å². The predicted octanol–water partition coefficient (Wildman–Crippen LogP) is 1.84. The number of pyridine rings is 1. The van der Waals surface area contributed by atoms with Crippen LogP contribution in [0.1, 0.15) is 15.9 Å². The zero-order valence-electron chi connectivity index (χ0n) is 11.4. The Labute approximate surface area is 121 Å². The monoisotopic (exact) mass is 286 g/mol. The highest BCUT2D eigenvalue weighted by Gasteiger charge is 2.18. The Kier molecular flexibility index (Phi) is 4.13. The van der Waals surface area contributed by atoms with Crippen LogP contribution in [0.25, 0.3) is 0 Å². The number of hydrogen-bond acceptors (Lipinski definition) is 5. The normalized spacial score (nSPS) is 10.1. The molecule has 2 aromatic rings. The standard InChI is InChI=1S/C14H14N4O3/c1-17(9-10-4-6-16-7-5-10)14(19)11-2-3-12(15)13(8-11)18(20)21/h2-8H,9,15H2,1H3. The fourth-order valence-electron chi connectivity index (χ4n) is 1.89. The van der Waals surface area contributed by atoms with Gasteiger partial charge in [-0.15, -0.1) is 0 Å². The van der Waals surface area contributed by atoms with Gasteiger partial charge in [0.05, 0.1) is 4.92 Å². The molecule has 0 saturated carbocycles. The first-order valence-corrected chi connectivity index (χ1v) is 6.17. The summed E-state index contributed by atoms with van der Waals surface area (Å²) in [6, 6.07) is 7.64. The Morgan fingerprint density at radius 1 is 1.33 bits per heavy atom. The summed E-state index contributed by atoms with van der Waals surface area (Å²) in [5, 5.41) is 10.9. The van der Waals surface area contributed by atoms with Gasteiger partial charge in [-0.05, 0) is 29.8 Å². The maximum Gasteiger partial charge on any atom is 0.292 e. The largest absolute Gasteiger partial charge is 0.393 e. The summed E-state index contributed by atoms with van der Waals surface area (Å²) >= 11 is 0. The van der Waals surface area contributed by atoms with Crippen LogP contribution in [-0.4, -0.2) is 27.8 Å². The van der Waals surface area contributed by atoms with E-state index in [9.17, 15) is 14.9 Å². The van der Waals surface area contributed by atoms with Gasteiger partial charge in [0.25, 0.3) is 11.6 Å². The van der Waals surface area contributed by atoms with Crippen molar-refractivity contribution >= 4 is 17.3 Å². The number of amides is 1. The molecular formula is C14H14N4O3. The Hall–Kier alpha value is -2.96. The molecule has 2 N–H and O–H groups in total. The van der Waals surface area contributed by atoms with Crippen molar-refractivity contribution in [1.82, 2.24) is 9.88 Å². The van der Waals surface area contributed by atoms with Gasteiger partial charge < -0.3 is 10.6 Å². The molecule has 2 rings (SSSR count). The summed E-state index contributed by atoms with van der Waals surface area (Å²) in [5.74, 6) is -0.310. The molecule has 0 fully saturated rings. The molecule has 0 aliphatic heterocycles. The fraction of sp³-hybridized carbons (Fsp3) is 0.143. The molecule has 0 saturated heterocycles. The highest BCUT2D eigenvalue weighted by Crippen LogP contribution is 2.23. The summed E-state index contributed by atoms with van der Waals surface area (Å²) in [6.45, 7) is 0.388. The summed E-state index contributed by atoms with van der Waals surface area (Å²) in [7, 11) is 1.63. The van der Waals surface area contributed by atoms with Crippen molar-refractivity contribution in [1.29, 1.82) is 0 Å². The number of aromatic nitrogens is 1. The first-order chi connectivity index (χ1) is 9.99. The van der Waals surface area contributed by atoms with Crippen LogP contribution in [-0.2, 0) is 6.54 Å². The molecule has 0 aliphatic carbocycles. The van der Waals surface area contributed by atoms with E-state index in [1.54, 1.807) is 31.6 Å². The summed E-state index contributed by atoms with van der Waals surface area (Å²) in [5.41, 5.74) is 6.44. The van der Waals surface area contributed by atoms with Crippen LogP contribution in [0.4, 0.5) is 11.4 Å². The van der Waals surface area contributed by atoms with Crippen molar-refractivity contribution in [3.63, 3.8) is 0 Å². The third-order valence-electron chi connectivity index (χ3n) is 2.99. The number of hydrogen-bond donors (Lipinski definition) is 1. The lowest BCUT2D eigenvalue weighted by molar-refractivity contribution is -0.383. The molecule has 1 amide bonds. The minimum atomic E-state index is -0.602. The summed E-state index contributed by atoms with van der Waals surface area (Å²) < 4.78 is 0. The van der Waals surface area contributed by atoms with E-state index < -0.39 is 4.92 Å². The fourth-order valence-corrected chi connectivity index (χ4v) is 1.89. The third-order valence-corrected chi connectivity index (χ3v) is 2.99. The van der Waals surface area contributed by atoms with Crippen LogP contribution in [0.5, 0.6) is 0 Å². The van der Waals surface area contributed by atoms with Gasteiger partial charge in [-0.2, -0.15) is 0 Å². The predicted molar refractivity (Wildman–Crippen MR) is 77.5 cm³/mol. The first-order valence-electron chi connectivity index (χ1n) is 6.17. The van der Waals surface area contributed by atoms with Crippen LogP contribution in [0.2, 0.25) is 0 Å². The lowest BCUT2D eigenvalue weighted by Crippen LogP contribution is -2.26. The molecule has 0 atom stereocenters. The van der Waals surface area contributed by atoms with Gasteiger partial charge in [0, 0.05) is 37.6 Å². The van der Waals surface area contributed by atoms with Crippen molar-refractivity contribution in [3.05, 3.63) is 64.0 Å². The van der Waals surface area contributed by atoms with Gasteiger partial charge in [-0.3, -0.25) is 19.9 Å². The van der Waals surface area contributed by atoms with Crippen LogP contribution >= 0.6 is 0 Å². The van der Waals surface area contributed by atoms with Gasteiger partial charge in [-0.1, -0.05) is 0 Å². The van der Waals surface area contributed by atoms with E-state index in [1.165, 1.54) is 23.1 Å². The Bertz CT molecular complexity index is 673. The average Bonchev–Trinajstić information content (AvgIpc) is 2.47. The SMILES string of the molecule is CN(Cc1ccncc1)C(=O)c1ccc(N)c([N+](=O)[O-])c1. The number of benzene rings is 1. The van der Waals surface area contributed by atoms with Crippen LogP contribution < -0.4 is 5.73 Å². The molecule has 0 spiro atoms. The topological polar surface area (TPSA) is 102 Å². The number of carbonyl (C=O) groups is 1. The molecule has 0 radical (unpaired) electrons. The average molecular weight is 286 g/mol. The van der Waals surface area contributed by atoms with E-state index in [2.05, 4.69) is 4.98 Å².